The Kier molecular flexibility index (Phi) is 5.31. The first-order chi connectivity index (χ1) is 11.1. The molecule has 1 atom stereocenters. The van der Waals surface area contributed by atoms with Gasteiger partial charge in [-0.25, -0.2) is 4.39 Å². The highest BCUT2D eigenvalue weighted by Gasteiger charge is 2.32. The number of benzene rings is 1. The third kappa shape index (κ3) is 4.11. The lowest BCUT2D eigenvalue weighted by Gasteiger charge is -2.36. The van der Waals surface area contributed by atoms with Gasteiger partial charge >= 0.3 is 0 Å². The van der Waals surface area contributed by atoms with Crippen molar-refractivity contribution < 1.29 is 14.1 Å². The summed E-state index contributed by atoms with van der Waals surface area (Å²) in [4.78, 5) is 16.2. The van der Waals surface area contributed by atoms with Crippen molar-refractivity contribution in [2.24, 2.45) is 11.8 Å². The lowest BCUT2D eigenvalue weighted by atomic mass is 9.92. The highest BCUT2D eigenvalue weighted by Crippen LogP contribution is 2.20. The molecule has 1 aromatic carbocycles. The van der Waals surface area contributed by atoms with Crippen molar-refractivity contribution >= 4 is 5.91 Å². The summed E-state index contributed by atoms with van der Waals surface area (Å²) < 4.78 is 13.8. The number of piperidine rings is 2. The topological polar surface area (TPSA) is 24.8 Å². The Morgan fingerprint density at radius 1 is 1.26 bits per heavy atom. The van der Waals surface area contributed by atoms with E-state index in [1.54, 1.807) is 6.07 Å². The summed E-state index contributed by atoms with van der Waals surface area (Å²) >= 11 is 0. The summed E-state index contributed by atoms with van der Waals surface area (Å²) in [5.74, 6) is 1.08. The fraction of sp³-hybridized carbons (Fsp3) is 0.632. The smallest absolute Gasteiger partial charge is 0.226 e. The second-order valence-electron chi connectivity index (χ2n) is 7.32. The van der Waals surface area contributed by atoms with E-state index in [1.165, 1.54) is 17.4 Å². The predicted molar refractivity (Wildman–Crippen MR) is 88.5 cm³/mol. The van der Waals surface area contributed by atoms with Gasteiger partial charge in [-0.15, -0.1) is 0 Å². The Balaban J connectivity index is 1.50. The summed E-state index contributed by atoms with van der Waals surface area (Å²) in [5.41, 5.74) is 0.789. The highest BCUT2D eigenvalue weighted by molar-refractivity contribution is 5.79. The van der Waals surface area contributed by atoms with E-state index in [0.29, 0.717) is 11.8 Å². The molecule has 0 radical (unpaired) electrons. The summed E-state index contributed by atoms with van der Waals surface area (Å²) in [6.45, 7) is 6.77. The van der Waals surface area contributed by atoms with Crippen LogP contribution in [0.1, 0.15) is 38.2 Å². The Labute approximate surface area is 138 Å². The Hall–Kier alpha value is -1.42. The average Bonchev–Trinajstić information content (AvgIpc) is 2.57. The summed E-state index contributed by atoms with van der Waals surface area (Å²) in [6, 6.07) is 7.03. The van der Waals surface area contributed by atoms with E-state index in [-0.39, 0.29) is 11.7 Å². The zero-order chi connectivity index (χ0) is 16.2. The number of quaternary nitrogens is 1. The number of carbonyl (C=O) groups is 1. The van der Waals surface area contributed by atoms with Gasteiger partial charge in [0.15, 0.2) is 0 Å². The molecule has 4 heteroatoms. The second kappa shape index (κ2) is 7.43. The molecule has 0 aliphatic carbocycles. The van der Waals surface area contributed by atoms with Crippen LogP contribution in [0.4, 0.5) is 4.39 Å². The quantitative estimate of drug-likeness (QED) is 0.904. The molecule has 126 valence electrons. The van der Waals surface area contributed by atoms with E-state index < -0.39 is 0 Å². The zero-order valence-corrected chi connectivity index (χ0v) is 14.1. The molecule has 23 heavy (non-hydrogen) atoms. The molecule has 0 unspecified atom stereocenters. The van der Waals surface area contributed by atoms with Crippen molar-refractivity contribution in [3.8, 4) is 0 Å². The first-order valence-electron chi connectivity index (χ1n) is 8.99. The highest BCUT2D eigenvalue weighted by atomic mass is 19.1. The van der Waals surface area contributed by atoms with Gasteiger partial charge in [-0.2, -0.15) is 0 Å². The van der Waals surface area contributed by atoms with Crippen LogP contribution in [0.25, 0.3) is 0 Å². The Morgan fingerprint density at radius 3 is 2.70 bits per heavy atom. The number of amides is 1. The minimum Gasteiger partial charge on any atom is -0.342 e. The molecule has 1 N–H and O–H groups in total. The van der Waals surface area contributed by atoms with Gasteiger partial charge in [0.2, 0.25) is 5.91 Å². The molecule has 2 saturated heterocycles. The van der Waals surface area contributed by atoms with Crippen molar-refractivity contribution in [1.29, 1.82) is 0 Å². The van der Waals surface area contributed by atoms with Gasteiger partial charge in [0.1, 0.15) is 12.4 Å². The van der Waals surface area contributed by atoms with Crippen molar-refractivity contribution in [3.63, 3.8) is 0 Å². The predicted octanol–water partition coefficient (Wildman–Crippen LogP) is 1.88. The molecule has 2 aliphatic rings. The van der Waals surface area contributed by atoms with Gasteiger partial charge in [0.05, 0.1) is 13.1 Å². The lowest BCUT2D eigenvalue weighted by molar-refractivity contribution is -0.919. The maximum absolute atomic E-state index is 13.8. The van der Waals surface area contributed by atoms with Crippen molar-refractivity contribution in [2.45, 2.75) is 39.2 Å². The van der Waals surface area contributed by atoms with Crippen molar-refractivity contribution in [3.05, 3.63) is 35.6 Å². The molecule has 2 fully saturated rings. The van der Waals surface area contributed by atoms with Crippen molar-refractivity contribution in [2.75, 3.05) is 26.2 Å². The van der Waals surface area contributed by atoms with Crippen LogP contribution >= 0.6 is 0 Å². The molecule has 0 aromatic heterocycles. The molecule has 0 spiro atoms. The van der Waals surface area contributed by atoms with E-state index in [0.717, 1.165) is 57.5 Å². The first-order valence-corrected chi connectivity index (χ1v) is 8.99. The number of carbonyl (C=O) groups excluding carboxylic acids is 1. The van der Waals surface area contributed by atoms with Crippen LogP contribution in [0, 0.1) is 17.7 Å². The van der Waals surface area contributed by atoms with Gasteiger partial charge < -0.3 is 9.80 Å². The van der Waals surface area contributed by atoms with Crippen LogP contribution in [-0.4, -0.2) is 37.0 Å². The van der Waals surface area contributed by atoms with Gasteiger partial charge in [0.25, 0.3) is 0 Å². The van der Waals surface area contributed by atoms with Crippen LogP contribution in [0.2, 0.25) is 0 Å². The Bertz CT molecular complexity index is 540. The number of hydrogen-bond acceptors (Lipinski definition) is 1. The summed E-state index contributed by atoms with van der Waals surface area (Å²) in [7, 11) is 0. The molecule has 0 bridgehead atoms. The normalized spacial score (nSPS) is 28.6. The van der Waals surface area contributed by atoms with Gasteiger partial charge in [-0.05, 0) is 24.8 Å². The number of rotatable bonds is 3. The van der Waals surface area contributed by atoms with Crippen LogP contribution in [0.5, 0.6) is 0 Å². The summed E-state index contributed by atoms with van der Waals surface area (Å²) in [6.07, 6.45) is 4.26. The molecule has 3 rings (SSSR count). The first kappa shape index (κ1) is 16.4. The van der Waals surface area contributed by atoms with E-state index in [1.807, 2.05) is 12.1 Å². The fourth-order valence-electron chi connectivity index (χ4n) is 4.01. The number of likely N-dealkylation sites (tertiary alicyclic amines) is 2. The molecular weight excluding hydrogens is 291 g/mol. The third-order valence-electron chi connectivity index (χ3n) is 5.41. The number of halogens is 1. The van der Waals surface area contributed by atoms with Gasteiger partial charge in [0, 0.05) is 37.4 Å². The van der Waals surface area contributed by atoms with Crippen molar-refractivity contribution in [1.82, 2.24) is 4.90 Å². The Morgan fingerprint density at radius 2 is 2.00 bits per heavy atom. The number of hydrogen-bond donors (Lipinski definition) is 1. The minimum atomic E-state index is -0.111. The van der Waals surface area contributed by atoms with E-state index >= 15 is 0 Å². The molecule has 3 nitrogen and oxygen atoms in total. The molecule has 1 amide bonds. The zero-order valence-electron chi connectivity index (χ0n) is 14.1. The number of nitrogens with one attached hydrogen (secondary N) is 1. The number of nitrogens with zero attached hydrogens (tertiary/aromatic N) is 1. The van der Waals surface area contributed by atoms with E-state index in [2.05, 4.69) is 11.8 Å². The van der Waals surface area contributed by atoms with Crippen LogP contribution < -0.4 is 4.90 Å². The molecule has 1 aromatic rings. The molecule has 0 saturated carbocycles. The SMILES string of the molecule is C[C@@H]1CCCN(C(=O)C2CC[NH+](Cc3ccccc3F)CC2)C1. The summed E-state index contributed by atoms with van der Waals surface area (Å²) in [5, 5.41) is 0. The second-order valence-corrected chi connectivity index (χ2v) is 7.32. The van der Waals surface area contributed by atoms with Crippen LogP contribution in [-0.2, 0) is 11.3 Å². The molecule has 2 aliphatic heterocycles. The van der Waals surface area contributed by atoms with E-state index in [9.17, 15) is 9.18 Å². The monoisotopic (exact) mass is 319 g/mol. The molecular formula is C19H28FN2O+. The third-order valence-corrected chi connectivity index (χ3v) is 5.41. The fourth-order valence-corrected chi connectivity index (χ4v) is 4.01. The standard InChI is InChI=1S/C19H27FN2O/c1-15-5-4-10-22(13-15)19(23)16-8-11-21(12-9-16)14-17-6-2-3-7-18(17)20/h2-3,6-7,15-16H,4-5,8-14H2,1H3/p+1/t15-/m1/s1. The molecule has 2 heterocycles. The maximum Gasteiger partial charge on any atom is 0.226 e. The minimum absolute atomic E-state index is 0.111. The van der Waals surface area contributed by atoms with Gasteiger partial charge in [-0.3, -0.25) is 4.79 Å². The largest absolute Gasteiger partial charge is 0.342 e. The van der Waals surface area contributed by atoms with E-state index in [4.69, 9.17) is 0 Å². The lowest BCUT2D eigenvalue weighted by Crippen LogP contribution is -3.11. The van der Waals surface area contributed by atoms with Gasteiger partial charge in [-0.1, -0.05) is 25.1 Å². The van der Waals surface area contributed by atoms with Crippen LogP contribution in [0.15, 0.2) is 24.3 Å². The van der Waals surface area contributed by atoms with Crippen LogP contribution in [0.3, 0.4) is 0 Å². The average molecular weight is 319 g/mol. The maximum atomic E-state index is 13.8.